The molecule has 0 bridgehead atoms. The van der Waals surface area contributed by atoms with Crippen molar-refractivity contribution in [3.63, 3.8) is 0 Å². The molecule has 0 amide bonds. The lowest BCUT2D eigenvalue weighted by molar-refractivity contribution is 1.16. The largest absolute Gasteiger partial charge is 0.241 e. The molecule has 0 spiro atoms. The number of pyridine rings is 1. The Morgan fingerprint density at radius 3 is 2.88 bits per heavy atom. The summed E-state index contributed by atoms with van der Waals surface area (Å²) in [7, 11) is 0. The van der Waals surface area contributed by atoms with E-state index >= 15 is 0 Å². The molecule has 1 heterocycles. The normalized spacial score (nSPS) is 10.3. The maximum atomic E-state index is 8.57. The zero-order chi connectivity index (χ0) is 11.5. The molecule has 0 aliphatic heterocycles. The highest BCUT2D eigenvalue weighted by Gasteiger charge is 2.04. The Bertz CT molecular complexity index is 570. The molecule has 2 nitrogen and oxygen atoms in total. The fraction of sp³-hybridized carbons (Fsp3) is 0.231. The van der Waals surface area contributed by atoms with Gasteiger partial charge in [0.25, 0.3) is 0 Å². The SMILES string of the molecule is Cc1cc(SCC#N)nc2c(C)cccc12. The summed E-state index contributed by atoms with van der Waals surface area (Å²) in [5.74, 6) is 0.448. The molecule has 0 saturated heterocycles. The van der Waals surface area contributed by atoms with Crippen molar-refractivity contribution in [2.45, 2.75) is 18.9 Å². The number of fused-ring (bicyclic) bond motifs is 1. The van der Waals surface area contributed by atoms with E-state index in [1.807, 2.05) is 6.07 Å². The Kier molecular flexibility index (Phi) is 3.12. The van der Waals surface area contributed by atoms with Crippen LogP contribution in [-0.4, -0.2) is 10.7 Å². The number of rotatable bonds is 2. The molecule has 0 fully saturated rings. The molecular formula is C13H12N2S. The number of aryl methyl sites for hydroxylation is 2. The molecule has 80 valence electrons. The number of para-hydroxylation sites is 1. The predicted octanol–water partition coefficient (Wildman–Crippen LogP) is 3.47. The number of hydrogen-bond acceptors (Lipinski definition) is 3. The van der Waals surface area contributed by atoms with Crippen LogP contribution in [0.4, 0.5) is 0 Å². The quantitative estimate of drug-likeness (QED) is 0.738. The zero-order valence-corrected chi connectivity index (χ0v) is 10.1. The maximum Gasteiger partial charge on any atom is 0.0980 e. The summed E-state index contributed by atoms with van der Waals surface area (Å²) in [6, 6.07) is 10.4. The minimum atomic E-state index is 0.448. The van der Waals surface area contributed by atoms with Crippen molar-refractivity contribution >= 4 is 22.7 Å². The number of benzene rings is 1. The van der Waals surface area contributed by atoms with Gasteiger partial charge >= 0.3 is 0 Å². The predicted molar refractivity (Wildman–Crippen MR) is 67.6 cm³/mol. The second-order valence-electron chi connectivity index (χ2n) is 3.70. The van der Waals surface area contributed by atoms with Gasteiger partial charge in [0.2, 0.25) is 0 Å². The van der Waals surface area contributed by atoms with Gasteiger partial charge in [-0.2, -0.15) is 5.26 Å². The molecule has 16 heavy (non-hydrogen) atoms. The summed E-state index contributed by atoms with van der Waals surface area (Å²) in [6.07, 6.45) is 0. The lowest BCUT2D eigenvalue weighted by Crippen LogP contribution is -1.89. The van der Waals surface area contributed by atoms with Crippen LogP contribution < -0.4 is 0 Å². The Hall–Kier alpha value is -1.53. The zero-order valence-electron chi connectivity index (χ0n) is 9.32. The summed E-state index contributed by atoms with van der Waals surface area (Å²) >= 11 is 1.49. The molecule has 1 aromatic heterocycles. The Labute approximate surface area is 99.3 Å². The lowest BCUT2D eigenvalue weighted by atomic mass is 10.1. The number of hydrogen-bond donors (Lipinski definition) is 0. The molecule has 0 aliphatic rings. The third-order valence-corrected chi connectivity index (χ3v) is 3.29. The van der Waals surface area contributed by atoms with E-state index in [0.717, 1.165) is 10.5 Å². The summed E-state index contributed by atoms with van der Waals surface area (Å²) in [5.41, 5.74) is 3.44. The van der Waals surface area contributed by atoms with Crippen LogP contribution in [0.15, 0.2) is 29.3 Å². The summed E-state index contributed by atoms with van der Waals surface area (Å²) < 4.78 is 0. The third-order valence-electron chi connectivity index (χ3n) is 2.51. The molecule has 0 unspecified atom stereocenters. The van der Waals surface area contributed by atoms with Crippen molar-refractivity contribution in [1.82, 2.24) is 4.98 Å². The second-order valence-corrected chi connectivity index (χ2v) is 4.69. The van der Waals surface area contributed by atoms with Gasteiger partial charge in [-0.05, 0) is 31.0 Å². The van der Waals surface area contributed by atoms with E-state index in [4.69, 9.17) is 5.26 Å². The van der Waals surface area contributed by atoms with Gasteiger partial charge in [0.1, 0.15) is 0 Å². The number of aromatic nitrogens is 1. The van der Waals surface area contributed by atoms with E-state index in [1.165, 1.54) is 28.3 Å². The molecule has 2 aromatic rings. The van der Waals surface area contributed by atoms with Gasteiger partial charge in [-0.3, -0.25) is 0 Å². The van der Waals surface area contributed by atoms with Gasteiger partial charge in [-0.15, -0.1) is 0 Å². The lowest BCUT2D eigenvalue weighted by Gasteiger charge is -2.06. The smallest absolute Gasteiger partial charge is 0.0980 e. The third kappa shape index (κ3) is 2.02. The first-order valence-corrected chi connectivity index (χ1v) is 6.07. The second kappa shape index (κ2) is 4.54. The average Bonchev–Trinajstić information content (AvgIpc) is 2.28. The minimum absolute atomic E-state index is 0.448. The Balaban J connectivity index is 2.57. The van der Waals surface area contributed by atoms with Gasteiger partial charge < -0.3 is 0 Å². The van der Waals surface area contributed by atoms with E-state index in [1.54, 1.807) is 0 Å². The molecule has 3 heteroatoms. The maximum absolute atomic E-state index is 8.57. The van der Waals surface area contributed by atoms with Gasteiger partial charge in [-0.1, -0.05) is 30.0 Å². The number of nitrogens with zero attached hydrogens (tertiary/aromatic N) is 2. The summed E-state index contributed by atoms with van der Waals surface area (Å²) in [5, 5.41) is 10.7. The monoisotopic (exact) mass is 228 g/mol. The van der Waals surface area contributed by atoms with Crippen molar-refractivity contribution in [1.29, 1.82) is 5.26 Å². The Morgan fingerprint density at radius 1 is 1.31 bits per heavy atom. The molecule has 2 rings (SSSR count). The van der Waals surface area contributed by atoms with E-state index in [9.17, 15) is 0 Å². The fourth-order valence-corrected chi connectivity index (χ4v) is 2.34. The van der Waals surface area contributed by atoms with Crippen LogP contribution >= 0.6 is 11.8 Å². The fourth-order valence-electron chi connectivity index (χ4n) is 1.71. The van der Waals surface area contributed by atoms with Crippen molar-refractivity contribution < 1.29 is 0 Å². The first-order valence-electron chi connectivity index (χ1n) is 5.09. The van der Waals surface area contributed by atoms with E-state index in [0.29, 0.717) is 5.75 Å². The van der Waals surface area contributed by atoms with Crippen LogP contribution in [0.2, 0.25) is 0 Å². The van der Waals surface area contributed by atoms with Crippen LogP contribution in [0.5, 0.6) is 0 Å². The van der Waals surface area contributed by atoms with E-state index < -0.39 is 0 Å². The van der Waals surface area contributed by atoms with Gasteiger partial charge in [0, 0.05) is 5.39 Å². The van der Waals surface area contributed by atoms with Crippen molar-refractivity contribution in [2.75, 3.05) is 5.75 Å². The first-order chi connectivity index (χ1) is 7.72. The van der Waals surface area contributed by atoms with E-state index in [2.05, 4.69) is 43.1 Å². The standard InChI is InChI=1S/C13H12N2S/c1-9-4-3-5-11-10(2)8-12(15-13(9)11)16-7-6-14/h3-5,8H,7H2,1-2H3. The van der Waals surface area contributed by atoms with Crippen molar-refractivity contribution in [2.24, 2.45) is 0 Å². The number of nitriles is 1. The van der Waals surface area contributed by atoms with Crippen LogP contribution in [0, 0.1) is 25.2 Å². The molecule has 0 atom stereocenters. The molecule has 0 aliphatic carbocycles. The minimum Gasteiger partial charge on any atom is -0.241 e. The topological polar surface area (TPSA) is 36.7 Å². The van der Waals surface area contributed by atoms with Gasteiger partial charge in [0.05, 0.1) is 22.4 Å². The number of thioether (sulfide) groups is 1. The van der Waals surface area contributed by atoms with Crippen molar-refractivity contribution in [3.05, 3.63) is 35.4 Å². The van der Waals surface area contributed by atoms with Gasteiger partial charge in [-0.25, -0.2) is 4.98 Å². The summed E-state index contributed by atoms with van der Waals surface area (Å²) in [6.45, 7) is 4.15. The van der Waals surface area contributed by atoms with Crippen LogP contribution in [0.25, 0.3) is 10.9 Å². The first kappa shape index (κ1) is 11.0. The molecule has 0 N–H and O–H groups in total. The molecule has 0 saturated carbocycles. The highest BCUT2D eigenvalue weighted by atomic mass is 32.2. The molecule has 1 aromatic carbocycles. The van der Waals surface area contributed by atoms with E-state index in [-0.39, 0.29) is 0 Å². The van der Waals surface area contributed by atoms with Crippen LogP contribution in [0.1, 0.15) is 11.1 Å². The van der Waals surface area contributed by atoms with Crippen molar-refractivity contribution in [3.8, 4) is 6.07 Å². The molecule has 0 radical (unpaired) electrons. The average molecular weight is 228 g/mol. The molecular weight excluding hydrogens is 216 g/mol. The van der Waals surface area contributed by atoms with Gasteiger partial charge in [0.15, 0.2) is 0 Å². The van der Waals surface area contributed by atoms with Crippen LogP contribution in [-0.2, 0) is 0 Å². The Morgan fingerprint density at radius 2 is 2.12 bits per heavy atom. The highest BCUT2D eigenvalue weighted by molar-refractivity contribution is 7.99. The van der Waals surface area contributed by atoms with Crippen LogP contribution in [0.3, 0.4) is 0 Å². The highest BCUT2D eigenvalue weighted by Crippen LogP contribution is 2.25. The summed E-state index contributed by atoms with van der Waals surface area (Å²) in [4.78, 5) is 4.58.